The predicted molar refractivity (Wildman–Crippen MR) is 56.2 cm³/mol. The lowest BCUT2D eigenvalue weighted by Gasteiger charge is -2.12. The number of unbranched alkanes of at least 4 members (excludes halogenated alkanes) is 2. The number of ether oxygens (including phenoxy) is 2. The van der Waals surface area contributed by atoms with Gasteiger partial charge in [0.15, 0.2) is 6.29 Å². The van der Waals surface area contributed by atoms with Crippen molar-refractivity contribution in [2.24, 2.45) is 0 Å². The minimum atomic E-state index is -0.231. The monoisotopic (exact) mass is 202 g/mol. The minimum absolute atomic E-state index is 0.231. The average Bonchev–Trinajstić information content (AvgIpc) is 2.20. The van der Waals surface area contributed by atoms with E-state index < -0.39 is 0 Å². The molecule has 0 aromatic carbocycles. The molecule has 0 aliphatic heterocycles. The van der Waals surface area contributed by atoms with Crippen molar-refractivity contribution < 1.29 is 14.3 Å². The fraction of sp³-hybridized carbons (Fsp3) is 0.909. The molecule has 0 amide bonds. The quantitative estimate of drug-likeness (QED) is 0.426. The molecule has 0 heterocycles. The van der Waals surface area contributed by atoms with Crippen LogP contribution in [0.15, 0.2) is 0 Å². The molecule has 0 atom stereocenters. The Morgan fingerprint density at radius 2 is 1.79 bits per heavy atom. The van der Waals surface area contributed by atoms with Gasteiger partial charge >= 0.3 is 0 Å². The normalized spacial score (nSPS) is 10.9. The maximum absolute atomic E-state index is 11.3. The molecule has 0 bridgehead atoms. The third kappa shape index (κ3) is 7.04. The zero-order valence-corrected chi connectivity index (χ0v) is 9.54. The van der Waals surface area contributed by atoms with E-state index in [1.165, 1.54) is 0 Å². The first-order valence-corrected chi connectivity index (χ1v) is 5.31. The third-order valence-corrected chi connectivity index (χ3v) is 2.24. The van der Waals surface area contributed by atoms with E-state index in [9.17, 15) is 4.79 Å². The summed E-state index contributed by atoms with van der Waals surface area (Å²) >= 11 is 0. The zero-order chi connectivity index (χ0) is 10.8. The van der Waals surface area contributed by atoms with E-state index in [0.29, 0.717) is 25.0 Å². The molecule has 0 aliphatic rings. The van der Waals surface area contributed by atoms with E-state index in [4.69, 9.17) is 9.47 Å². The Kier molecular flexibility index (Phi) is 8.89. The largest absolute Gasteiger partial charge is 0.356 e. The van der Waals surface area contributed by atoms with Gasteiger partial charge in [-0.25, -0.2) is 0 Å². The molecule has 0 saturated carbocycles. The zero-order valence-electron chi connectivity index (χ0n) is 9.54. The van der Waals surface area contributed by atoms with Gasteiger partial charge in [-0.2, -0.15) is 0 Å². The third-order valence-electron chi connectivity index (χ3n) is 2.24. The molecule has 3 nitrogen and oxygen atoms in total. The molecule has 0 radical (unpaired) electrons. The number of rotatable bonds is 9. The molecule has 0 aromatic heterocycles. The fourth-order valence-corrected chi connectivity index (χ4v) is 1.31. The van der Waals surface area contributed by atoms with Crippen molar-refractivity contribution in [3.05, 3.63) is 0 Å². The van der Waals surface area contributed by atoms with Crippen molar-refractivity contribution in [3.63, 3.8) is 0 Å². The number of carbonyl (C=O) groups is 1. The number of carbonyl (C=O) groups excluding carboxylic acids is 1. The van der Waals surface area contributed by atoms with E-state index in [2.05, 4.69) is 6.92 Å². The topological polar surface area (TPSA) is 35.5 Å². The summed E-state index contributed by atoms with van der Waals surface area (Å²) in [6.45, 7) is 2.14. The Balaban J connectivity index is 3.42. The first kappa shape index (κ1) is 13.6. The highest BCUT2D eigenvalue weighted by molar-refractivity contribution is 5.78. The van der Waals surface area contributed by atoms with E-state index in [0.717, 1.165) is 19.3 Å². The van der Waals surface area contributed by atoms with Crippen LogP contribution in [-0.2, 0) is 14.3 Å². The predicted octanol–water partition coefficient (Wildman–Crippen LogP) is 2.53. The van der Waals surface area contributed by atoms with Crippen LogP contribution < -0.4 is 0 Å². The van der Waals surface area contributed by atoms with Crippen molar-refractivity contribution in [2.75, 3.05) is 14.2 Å². The summed E-state index contributed by atoms with van der Waals surface area (Å²) < 4.78 is 10.0. The smallest absolute Gasteiger partial charge is 0.157 e. The number of hydrogen-bond donors (Lipinski definition) is 0. The lowest BCUT2D eigenvalue weighted by atomic mass is 10.1. The molecule has 0 unspecified atom stereocenters. The Labute approximate surface area is 86.8 Å². The molecule has 0 spiro atoms. The Morgan fingerprint density at radius 3 is 2.29 bits per heavy atom. The van der Waals surface area contributed by atoms with Crippen LogP contribution in [0.25, 0.3) is 0 Å². The van der Waals surface area contributed by atoms with Gasteiger partial charge in [-0.15, -0.1) is 0 Å². The Morgan fingerprint density at radius 1 is 1.14 bits per heavy atom. The van der Waals surface area contributed by atoms with Crippen molar-refractivity contribution in [3.8, 4) is 0 Å². The van der Waals surface area contributed by atoms with Gasteiger partial charge in [0, 0.05) is 33.5 Å². The van der Waals surface area contributed by atoms with Gasteiger partial charge in [0.25, 0.3) is 0 Å². The first-order valence-electron chi connectivity index (χ1n) is 5.31. The highest BCUT2D eigenvalue weighted by Gasteiger charge is 2.08. The Hall–Kier alpha value is -0.410. The summed E-state index contributed by atoms with van der Waals surface area (Å²) in [6, 6.07) is 0. The van der Waals surface area contributed by atoms with Gasteiger partial charge in [0.1, 0.15) is 5.78 Å². The van der Waals surface area contributed by atoms with Gasteiger partial charge in [0.2, 0.25) is 0 Å². The fourth-order valence-electron chi connectivity index (χ4n) is 1.31. The van der Waals surface area contributed by atoms with Crippen LogP contribution >= 0.6 is 0 Å². The molecule has 3 heteroatoms. The van der Waals surface area contributed by atoms with E-state index in [1.807, 2.05) is 0 Å². The summed E-state index contributed by atoms with van der Waals surface area (Å²) in [5.41, 5.74) is 0. The minimum Gasteiger partial charge on any atom is -0.356 e. The van der Waals surface area contributed by atoms with Crippen LogP contribution in [0.2, 0.25) is 0 Å². The van der Waals surface area contributed by atoms with Gasteiger partial charge in [0.05, 0.1) is 0 Å². The second kappa shape index (κ2) is 9.16. The number of methoxy groups -OCH3 is 2. The molecule has 0 saturated heterocycles. The van der Waals surface area contributed by atoms with Gasteiger partial charge in [-0.3, -0.25) is 4.79 Å². The average molecular weight is 202 g/mol. The number of Topliss-reactive ketones (excluding diaryl/α,β-unsaturated/α-hetero) is 1. The molecular formula is C11H22O3. The van der Waals surface area contributed by atoms with Crippen LogP contribution in [0.5, 0.6) is 0 Å². The standard InChI is InChI=1S/C11H22O3/c1-4-5-6-7-10(12)8-9-11(13-2)14-3/h11H,4-9H2,1-3H3. The maximum atomic E-state index is 11.3. The highest BCUT2D eigenvalue weighted by atomic mass is 16.7. The summed E-state index contributed by atoms with van der Waals surface area (Å²) in [6.07, 6.45) is 5.02. The van der Waals surface area contributed by atoms with E-state index >= 15 is 0 Å². The molecule has 0 aliphatic carbocycles. The van der Waals surface area contributed by atoms with Crippen molar-refractivity contribution >= 4 is 5.78 Å². The van der Waals surface area contributed by atoms with Crippen LogP contribution in [0.4, 0.5) is 0 Å². The second-order valence-corrected chi connectivity index (χ2v) is 3.44. The lowest BCUT2D eigenvalue weighted by molar-refractivity contribution is -0.127. The second-order valence-electron chi connectivity index (χ2n) is 3.44. The highest BCUT2D eigenvalue weighted by Crippen LogP contribution is 2.07. The summed E-state index contributed by atoms with van der Waals surface area (Å²) in [4.78, 5) is 11.3. The SMILES string of the molecule is CCCCCC(=O)CCC(OC)OC. The van der Waals surface area contributed by atoms with Gasteiger partial charge in [-0.05, 0) is 6.42 Å². The van der Waals surface area contributed by atoms with Crippen LogP contribution in [0.3, 0.4) is 0 Å². The van der Waals surface area contributed by atoms with Gasteiger partial charge in [-0.1, -0.05) is 19.8 Å². The molecule has 84 valence electrons. The number of ketones is 1. The van der Waals surface area contributed by atoms with E-state index in [1.54, 1.807) is 14.2 Å². The van der Waals surface area contributed by atoms with E-state index in [-0.39, 0.29) is 6.29 Å². The summed E-state index contributed by atoms with van der Waals surface area (Å²) in [5, 5.41) is 0. The molecule has 14 heavy (non-hydrogen) atoms. The van der Waals surface area contributed by atoms with Crippen LogP contribution in [0.1, 0.15) is 45.4 Å². The number of hydrogen-bond acceptors (Lipinski definition) is 3. The molecule has 0 N–H and O–H groups in total. The molecule has 0 rings (SSSR count). The van der Waals surface area contributed by atoms with Crippen LogP contribution in [0, 0.1) is 0 Å². The molecule has 0 aromatic rings. The lowest BCUT2D eigenvalue weighted by Crippen LogP contribution is -2.14. The van der Waals surface area contributed by atoms with Crippen LogP contribution in [-0.4, -0.2) is 26.3 Å². The van der Waals surface area contributed by atoms with Crippen molar-refractivity contribution in [1.82, 2.24) is 0 Å². The van der Waals surface area contributed by atoms with Gasteiger partial charge < -0.3 is 9.47 Å². The first-order chi connectivity index (χ1) is 6.74. The maximum Gasteiger partial charge on any atom is 0.157 e. The molecule has 0 fully saturated rings. The summed E-state index contributed by atoms with van der Waals surface area (Å²) in [7, 11) is 3.19. The van der Waals surface area contributed by atoms with Crippen molar-refractivity contribution in [1.29, 1.82) is 0 Å². The van der Waals surface area contributed by atoms with Crippen molar-refractivity contribution in [2.45, 2.75) is 51.7 Å². The Bertz CT molecular complexity index is 141. The molecular weight excluding hydrogens is 180 g/mol. The summed E-state index contributed by atoms with van der Waals surface area (Å²) in [5.74, 6) is 0.317.